The van der Waals surface area contributed by atoms with Gasteiger partial charge in [0.15, 0.2) is 5.82 Å². The molecule has 15 heteroatoms. The number of likely N-dealkylation sites (tertiary alicyclic amines) is 2. The van der Waals surface area contributed by atoms with Crippen molar-refractivity contribution in [2.24, 2.45) is 5.92 Å². The number of nitrogens with two attached hydrogens (primary N) is 2. The van der Waals surface area contributed by atoms with Crippen LogP contribution in [0.1, 0.15) is 50.6 Å². The van der Waals surface area contributed by atoms with E-state index < -0.39 is 12.1 Å². The van der Waals surface area contributed by atoms with Gasteiger partial charge in [0, 0.05) is 64.5 Å². The molecule has 4 N–H and O–H groups in total. The average molecular weight is 600 g/mol. The third kappa shape index (κ3) is 7.89. The van der Waals surface area contributed by atoms with Crippen molar-refractivity contribution in [2.75, 3.05) is 75.3 Å². The van der Waals surface area contributed by atoms with E-state index in [1.807, 2.05) is 20.8 Å². The zero-order valence-electron chi connectivity index (χ0n) is 24.2. The van der Waals surface area contributed by atoms with Crippen molar-refractivity contribution in [3.63, 3.8) is 0 Å². The van der Waals surface area contributed by atoms with E-state index in [2.05, 4.69) is 29.8 Å². The summed E-state index contributed by atoms with van der Waals surface area (Å²) in [6.07, 6.45) is 7.72. The summed E-state index contributed by atoms with van der Waals surface area (Å²) in [6.45, 7) is 6.18. The highest BCUT2D eigenvalue weighted by Gasteiger charge is 2.29. The van der Waals surface area contributed by atoms with E-state index in [4.69, 9.17) is 11.5 Å². The highest BCUT2D eigenvalue weighted by molar-refractivity contribution is 5.87. The zero-order chi connectivity index (χ0) is 30.3. The minimum atomic E-state index is -2.91. The number of hydrogen-bond acceptors (Lipinski definition) is 11. The number of halogens is 2. The van der Waals surface area contributed by atoms with Crippen LogP contribution >= 0.6 is 0 Å². The number of piperidine rings is 2. The second kappa shape index (κ2) is 14.0. The summed E-state index contributed by atoms with van der Waals surface area (Å²) in [5.74, 6) is 0.127. The van der Waals surface area contributed by atoms with Gasteiger partial charge in [0.1, 0.15) is 5.69 Å². The second-order valence-corrected chi connectivity index (χ2v) is 11.2. The van der Waals surface area contributed by atoms with E-state index in [9.17, 15) is 18.4 Å². The Morgan fingerprint density at radius 2 is 1.60 bits per heavy atom. The molecule has 3 saturated heterocycles. The van der Waals surface area contributed by atoms with Crippen molar-refractivity contribution >= 4 is 29.7 Å². The second-order valence-electron chi connectivity index (χ2n) is 11.2. The zero-order valence-corrected chi connectivity index (χ0v) is 24.2. The Hall–Kier alpha value is -4.01. The fraction of sp³-hybridized carbons (Fsp3) is 0.607. The molecule has 232 valence electrons. The normalized spacial score (nSPS) is 19.0. The Morgan fingerprint density at radius 3 is 2.30 bits per heavy atom. The molecule has 0 unspecified atom stereocenters. The topological polar surface area (TPSA) is 164 Å². The molecular weight excluding hydrogens is 560 g/mol. The van der Waals surface area contributed by atoms with Crippen LogP contribution in [0.2, 0.25) is 0 Å². The smallest absolute Gasteiger partial charge is 0.281 e. The van der Waals surface area contributed by atoms with E-state index in [0.29, 0.717) is 45.7 Å². The molecule has 2 aromatic heterocycles. The molecule has 43 heavy (non-hydrogen) atoms. The van der Waals surface area contributed by atoms with Crippen molar-refractivity contribution in [3.05, 3.63) is 24.0 Å². The molecule has 3 aliphatic rings. The summed E-state index contributed by atoms with van der Waals surface area (Å²) in [5.41, 5.74) is 10.7. The number of nitrogens with zero attached hydrogens (tertiary/aromatic N) is 9. The van der Waals surface area contributed by atoms with Crippen LogP contribution < -0.4 is 16.4 Å². The van der Waals surface area contributed by atoms with Gasteiger partial charge in [0.05, 0.1) is 5.56 Å². The summed E-state index contributed by atoms with van der Waals surface area (Å²) < 4.78 is 27.2. The fourth-order valence-electron chi connectivity index (χ4n) is 5.83. The summed E-state index contributed by atoms with van der Waals surface area (Å²) in [7, 11) is 0. The molecule has 2 aromatic rings. The molecular formula is C28H39F2N11O2. The first-order valence-electron chi connectivity index (χ1n) is 14.9. The minimum Gasteiger partial charge on any atom is -0.368 e. The quantitative estimate of drug-likeness (QED) is 0.425. The summed E-state index contributed by atoms with van der Waals surface area (Å²) in [5, 5.41) is 0. The molecule has 0 bridgehead atoms. The van der Waals surface area contributed by atoms with Crippen LogP contribution in [-0.4, -0.2) is 110 Å². The molecule has 3 aliphatic heterocycles. The maximum atomic E-state index is 13.6. The number of carbonyl (C=O) groups is 2. The number of piperazine rings is 1. The van der Waals surface area contributed by atoms with Gasteiger partial charge in [-0.2, -0.15) is 15.0 Å². The molecule has 0 radical (unpaired) electrons. The van der Waals surface area contributed by atoms with Crippen molar-refractivity contribution in [3.8, 4) is 11.4 Å². The molecule has 0 aromatic carbocycles. The first kappa shape index (κ1) is 30.4. The third-order valence-electron chi connectivity index (χ3n) is 8.30. The SMILES string of the molecule is Nc1nc(-c2cnc(N)nc2C(F)F)nc(N2CCN(C(=O)CC3CCN(C(=O)/C=C/CN4CCCCC4)CC3)CC2)n1. The standard InChI is InChI=1S/C28H39F2N11O2/c29-24(30)23-20(18-33-26(31)34-23)25-35-27(32)37-28(36-25)41-15-13-40(14-16-41)22(43)17-19-6-11-39(12-7-19)21(42)5-4-10-38-8-2-1-3-9-38/h4-5,18-19,24H,1-3,6-17H2,(H2,31,33,34)(H2,32,35,36,37)/b5-4+. The molecule has 13 nitrogen and oxygen atoms in total. The molecule has 0 saturated carbocycles. The molecule has 5 rings (SSSR count). The number of anilines is 3. The number of amides is 2. The Balaban J connectivity index is 1.09. The number of carbonyl (C=O) groups excluding carboxylic acids is 2. The van der Waals surface area contributed by atoms with Crippen molar-refractivity contribution in [1.29, 1.82) is 0 Å². The Morgan fingerprint density at radius 1 is 0.884 bits per heavy atom. The minimum absolute atomic E-state index is 0.0504. The number of hydrogen-bond donors (Lipinski definition) is 2. The summed E-state index contributed by atoms with van der Waals surface area (Å²) >= 11 is 0. The Kier molecular flexibility index (Phi) is 9.89. The Labute approximate surface area is 249 Å². The van der Waals surface area contributed by atoms with Crippen LogP contribution in [0.15, 0.2) is 18.3 Å². The van der Waals surface area contributed by atoms with Crippen molar-refractivity contribution < 1.29 is 18.4 Å². The van der Waals surface area contributed by atoms with Gasteiger partial charge in [-0.25, -0.2) is 18.7 Å². The molecule has 5 heterocycles. The van der Waals surface area contributed by atoms with Crippen molar-refractivity contribution in [2.45, 2.75) is 45.0 Å². The van der Waals surface area contributed by atoms with Gasteiger partial charge in [-0.05, 0) is 44.7 Å². The number of rotatable bonds is 8. The largest absolute Gasteiger partial charge is 0.368 e. The lowest BCUT2D eigenvalue weighted by Gasteiger charge is -2.36. The molecule has 2 amide bonds. The van der Waals surface area contributed by atoms with E-state index in [1.165, 1.54) is 19.3 Å². The number of nitrogen functional groups attached to an aromatic ring is 2. The lowest BCUT2D eigenvalue weighted by molar-refractivity contribution is -0.133. The molecule has 3 fully saturated rings. The first-order chi connectivity index (χ1) is 20.8. The highest BCUT2D eigenvalue weighted by atomic mass is 19.3. The van der Waals surface area contributed by atoms with Gasteiger partial charge in [-0.3, -0.25) is 14.5 Å². The van der Waals surface area contributed by atoms with Gasteiger partial charge in [-0.15, -0.1) is 0 Å². The van der Waals surface area contributed by atoms with E-state index in [-0.39, 0.29) is 47.0 Å². The van der Waals surface area contributed by atoms with Gasteiger partial charge in [0.25, 0.3) is 6.43 Å². The monoisotopic (exact) mass is 599 g/mol. The van der Waals surface area contributed by atoms with Gasteiger partial charge in [-0.1, -0.05) is 12.5 Å². The predicted octanol–water partition coefficient (Wildman–Crippen LogP) is 1.75. The van der Waals surface area contributed by atoms with Gasteiger partial charge < -0.3 is 26.2 Å². The summed E-state index contributed by atoms with van der Waals surface area (Å²) in [4.78, 5) is 53.6. The maximum absolute atomic E-state index is 13.6. The number of aromatic nitrogens is 5. The van der Waals surface area contributed by atoms with Crippen LogP contribution in [0.5, 0.6) is 0 Å². The molecule has 0 atom stereocenters. The van der Waals surface area contributed by atoms with E-state index in [0.717, 1.165) is 38.7 Å². The lowest BCUT2D eigenvalue weighted by atomic mass is 9.92. The third-order valence-corrected chi connectivity index (χ3v) is 8.30. The highest BCUT2D eigenvalue weighted by Crippen LogP contribution is 2.29. The Bertz CT molecular complexity index is 1310. The predicted molar refractivity (Wildman–Crippen MR) is 157 cm³/mol. The lowest BCUT2D eigenvalue weighted by Crippen LogP contribution is -2.50. The maximum Gasteiger partial charge on any atom is 0.281 e. The van der Waals surface area contributed by atoms with Crippen LogP contribution in [0.25, 0.3) is 11.4 Å². The van der Waals surface area contributed by atoms with Crippen LogP contribution in [0, 0.1) is 5.92 Å². The molecule has 0 spiro atoms. The van der Waals surface area contributed by atoms with E-state index in [1.54, 1.807) is 6.08 Å². The van der Waals surface area contributed by atoms with Gasteiger partial charge in [0.2, 0.25) is 29.7 Å². The fourth-order valence-corrected chi connectivity index (χ4v) is 5.83. The number of alkyl halides is 2. The van der Waals surface area contributed by atoms with E-state index >= 15 is 0 Å². The van der Waals surface area contributed by atoms with Gasteiger partial charge >= 0.3 is 0 Å². The van der Waals surface area contributed by atoms with Crippen molar-refractivity contribution in [1.82, 2.24) is 39.6 Å². The van der Waals surface area contributed by atoms with Crippen LogP contribution in [-0.2, 0) is 9.59 Å². The molecule has 0 aliphatic carbocycles. The van der Waals surface area contributed by atoms with Crippen LogP contribution in [0.4, 0.5) is 26.6 Å². The van der Waals surface area contributed by atoms with Crippen LogP contribution in [0.3, 0.4) is 0 Å². The average Bonchev–Trinajstić information content (AvgIpc) is 3.01. The first-order valence-corrected chi connectivity index (χ1v) is 14.9. The summed E-state index contributed by atoms with van der Waals surface area (Å²) in [6, 6.07) is 0.